The maximum absolute atomic E-state index is 5.91. The fourth-order valence-corrected chi connectivity index (χ4v) is 1.85. The van der Waals surface area contributed by atoms with Crippen LogP contribution in [-0.2, 0) is 6.54 Å². The van der Waals surface area contributed by atoms with Gasteiger partial charge in [-0.25, -0.2) is 0 Å². The maximum atomic E-state index is 5.91. The monoisotopic (exact) mass is 243 g/mol. The van der Waals surface area contributed by atoms with E-state index in [-0.39, 0.29) is 0 Å². The molecule has 0 atom stereocenters. The van der Waals surface area contributed by atoms with E-state index in [1.54, 1.807) is 6.20 Å². The quantitative estimate of drug-likeness (QED) is 0.900. The molecule has 18 heavy (non-hydrogen) atoms. The summed E-state index contributed by atoms with van der Waals surface area (Å²) in [4.78, 5) is 8.60. The molecule has 2 rings (SSSR count). The smallest absolute Gasteiger partial charge is 0.148 e. The number of nitrogens with zero attached hydrogens (tertiary/aromatic N) is 2. The Morgan fingerprint density at radius 1 is 1.17 bits per heavy atom. The van der Waals surface area contributed by atoms with E-state index in [0.717, 1.165) is 34.1 Å². The van der Waals surface area contributed by atoms with Gasteiger partial charge in [0.2, 0.25) is 0 Å². The number of hydrogen-bond donors (Lipinski definition) is 1. The van der Waals surface area contributed by atoms with Gasteiger partial charge in [-0.1, -0.05) is 0 Å². The van der Waals surface area contributed by atoms with Crippen molar-refractivity contribution in [2.45, 2.75) is 27.3 Å². The Kier molecular flexibility index (Phi) is 3.58. The van der Waals surface area contributed by atoms with Crippen molar-refractivity contribution in [2.75, 3.05) is 0 Å². The van der Waals surface area contributed by atoms with Crippen LogP contribution < -0.4 is 10.5 Å². The third-order valence-electron chi connectivity index (χ3n) is 2.80. The molecule has 4 nitrogen and oxygen atoms in total. The Hall–Kier alpha value is -1.94. The largest absolute Gasteiger partial charge is 0.455 e. The number of aromatic nitrogens is 2. The lowest BCUT2D eigenvalue weighted by Crippen LogP contribution is -2.05. The van der Waals surface area contributed by atoms with E-state index in [1.807, 2.05) is 39.0 Å². The molecule has 0 saturated heterocycles. The molecule has 2 aromatic heterocycles. The zero-order valence-electron chi connectivity index (χ0n) is 10.9. The first-order chi connectivity index (χ1) is 8.61. The zero-order chi connectivity index (χ0) is 13.1. The number of ether oxygens (including phenoxy) is 1. The fraction of sp³-hybridized carbons (Fsp3) is 0.286. The van der Waals surface area contributed by atoms with Gasteiger partial charge in [-0.15, -0.1) is 0 Å². The Bertz CT molecular complexity index is 567. The average Bonchev–Trinajstić information content (AvgIpc) is 2.31. The van der Waals surface area contributed by atoms with Crippen molar-refractivity contribution >= 4 is 0 Å². The first-order valence-electron chi connectivity index (χ1n) is 5.88. The summed E-state index contributed by atoms with van der Waals surface area (Å²) >= 11 is 0. The molecule has 4 heteroatoms. The molecule has 0 aliphatic carbocycles. The predicted molar refractivity (Wildman–Crippen MR) is 70.7 cm³/mol. The number of hydrogen-bond acceptors (Lipinski definition) is 4. The molecule has 0 radical (unpaired) electrons. The van der Waals surface area contributed by atoms with Crippen LogP contribution in [0.1, 0.15) is 22.6 Å². The van der Waals surface area contributed by atoms with Crippen LogP contribution in [0.15, 0.2) is 24.4 Å². The van der Waals surface area contributed by atoms with Crippen LogP contribution in [0, 0.1) is 20.8 Å². The van der Waals surface area contributed by atoms with Crippen molar-refractivity contribution in [1.29, 1.82) is 0 Å². The molecule has 0 spiro atoms. The molecule has 2 N–H and O–H groups in total. The van der Waals surface area contributed by atoms with Crippen molar-refractivity contribution in [3.05, 3.63) is 47.0 Å². The Balaban J connectivity index is 2.43. The normalized spacial score (nSPS) is 10.4. The van der Waals surface area contributed by atoms with Gasteiger partial charge in [-0.05, 0) is 32.9 Å². The van der Waals surface area contributed by atoms with E-state index in [4.69, 9.17) is 10.5 Å². The van der Waals surface area contributed by atoms with Gasteiger partial charge in [0.05, 0.1) is 5.69 Å². The summed E-state index contributed by atoms with van der Waals surface area (Å²) in [6.07, 6.45) is 1.75. The van der Waals surface area contributed by atoms with Crippen LogP contribution in [0.2, 0.25) is 0 Å². The molecular weight excluding hydrogens is 226 g/mol. The van der Waals surface area contributed by atoms with Crippen LogP contribution in [-0.4, -0.2) is 9.97 Å². The fourth-order valence-electron chi connectivity index (χ4n) is 1.85. The highest BCUT2D eigenvalue weighted by Gasteiger charge is 2.10. The summed E-state index contributed by atoms with van der Waals surface area (Å²) < 4.78 is 5.91. The molecular formula is C14H17N3O. The van der Waals surface area contributed by atoms with E-state index in [2.05, 4.69) is 9.97 Å². The molecule has 2 aromatic rings. The lowest BCUT2D eigenvalue weighted by molar-refractivity contribution is 0.467. The average molecular weight is 243 g/mol. The summed E-state index contributed by atoms with van der Waals surface area (Å²) in [5, 5.41) is 0. The van der Waals surface area contributed by atoms with Gasteiger partial charge in [-0.2, -0.15) is 0 Å². The highest BCUT2D eigenvalue weighted by molar-refractivity contribution is 5.41. The van der Waals surface area contributed by atoms with E-state index in [0.29, 0.717) is 6.54 Å². The molecule has 0 amide bonds. The van der Waals surface area contributed by atoms with E-state index in [9.17, 15) is 0 Å². The lowest BCUT2D eigenvalue weighted by atomic mass is 10.1. The molecule has 0 aromatic carbocycles. The number of aryl methyl sites for hydroxylation is 3. The number of nitrogens with two attached hydrogens (primary N) is 1. The van der Waals surface area contributed by atoms with Gasteiger partial charge in [0.25, 0.3) is 0 Å². The van der Waals surface area contributed by atoms with Crippen molar-refractivity contribution in [1.82, 2.24) is 9.97 Å². The predicted octanol–water partition coefficient (Wildman–Crippen LogP) is 2.65. The first-order valence-corrected chi connectivity index (χ1v) is 5.88. The summed E-state index contributed by atoms with van der Waals surface area (Å²) in [6.45, 7) is 6.21. The molecule has 94 valence electrons. The second-order valence-corrected chi connectivity index (χ2v) is 4.22. The molecule has 0 saturated carbocycles. The van der Waals surface area contributed by atoms with Crippen molar-refractivity contribution < 1.29 is 4.74 Å². The van der Waals surface area contributed by atoms with Crippen LogP contribution in [0.25, 0.3) is 0 Å². The van der Waals surface area contributed by atoms with Gasteiger partial charge in [-0.3, -0.25) is 9.97 Å². The highest BCUT2D eigenvalue weighted by Crippen LogP contribution is 2.28. The van der Waals surface area contributed by atoms with E-state index in [1.165, 1.54) is 0 Å². The van der Waals surface area contributed by atoms with E-state index < -0.39 is 0 Å². The summed E-state index contributed by atoms with van der Waals surface area (Å²) in [5.74, 6) is 1.51. The molecule has 2 heterocycles. The topological polar surface area (TPSA) is 61.0 Å². The van der Waals surface area contributed by atoms with Gasteiger partial charge in [0, 0.05) is 35.8 Å². The van der Waals surface area contributed by atoms with Crippen molar-refractivity contribution in [2.24, 2.45) is 5.73 Å². The lowest BCUT2D eigenvalue weighted by Gasteiger charge is -2.13. The molecule has 0 aliphatic rings. The van der Waals surface area contributed by atoms with Gasteiger partial charge in [0.1, 0.15) is 11.5 Å². The first kappa shape index (κ1) is 12.5. The minimum atomic E-state index is 0.410. The second-order valence-electron chi connectivity index (χ2n) is 4.22. The second kappa shape index (κ2) is 5.14. The minimum absolute atomic E-state index is 0.410. The van der Waals surface area contributed by atoms with E-state index >= 15 is 0 Å². The van der Waals surface area contributed by atoms with Crippen LogP contribution in [0.4, 0.5) is 0 Å². The Morgan fingerprint density at radius 3 is 2.61 bits per heavy atom. The molecule has 0 fully saturated rings. The Labute approximate surface area is 107 Å². The van der Waals surface area contributed by atoms with Crippen molar-refractivity contribution in [3.8, 4) is 11.5 Å². The number of pyridine rings is 2. The summed E-state index contributed by atoms with van der Waals surface area (Å²) in [7, 11) is 0. The zero-order valence-corrected chi connectivity index (χ0v) is 10.9. The van der Waals surface area contributed by atoms with Gasteiger partial charge < -0.3 is 10.5 Å². The maximum Gasteiger partial charge on any atom is 0.148 e. The van der Waals surface area contributed by atoms with Crippen LogP contribution in [0.5, 0.6) is 11.5 Å². The standard InChI is InChI=1S/C14H17N3O/c1-9-7-14(12(8-15)10(2)17-9)18-13-5-4-6-16-11(13)3/h4-7H,8,15H2,1-3H3. The van der Waals surface area contributed by atoms with Crippen molar-refractivity contribution in [3.63, 3.8) is 0 Å². The van der Waals surface area contributed by atoms with Crippen LogP contribution >= 0.6 is 0 Å². The summed E-state index contributed by atoms with van der Waals surface area (Å²) in [6, 6.07) is 5.65. The SMILES string of the molecule is Cc1cc(Oc2cccnc2C)c(CN)c(C)n1. The third kappa shape index (κ3) is 2.49. The third-order valence-corrected chi connectivity index (χ3v) is 2.80. The number of rotatable bonds is 3. The molecule has 0 unspecified atom stereocenters. The minimum Gasteiger partial charge on any atom is -0.455 e. The van der Waals surface area contributed by atoms with Crippen LogP contribution in [0.3, 0.4) is 0 Å². The van der Waals surface area contributed by atoms with Gasteiger partial charge in [0.15, 0.2) is 0 Å². The molecule has 0 aliphatic heterocycles. The summed E-state index contributed by atoms with van der Waals surface area (Å²) in [5.41, 5.74) is 9.37. The van der Waals surface area contributed by atoms with Gasteiger partial charge >= 0.3 is 0 Å². The Morgan fingerprint density at radius 2 is 1.94 bits per heavy atom. The highest BCUT2D eigenvalue weighted by atomic mass is 16.5. The molecule has 0 bridgehead atoms.